The van der Waals surface area contributed by atoms with Crippen LogP contribution < -0.4 is 5.32 Å². The Morgan fingerprint density at radius 2 is 2.11 bits per heavy atom. The van der Waals surface area contributed by atoms with Crippen LogP contribution in [0.25, 0.3) is 0 Å². The molecule has 0 amide bonds. The summed E-state index contributed by atoms with van der Waals surface area (Å²) in [5.41, 5.74) is 2.02. The zero-order valence-electron chi connectivity index (χ0n) is 10.6. The third-order valence-corrected chi connectivity index (χ3v) is 2.86. The molecule has 4 heteroatoms. The largest absolute Gasteiger partial charge is 0.394 e. The molecule has 2 rings (SSSR count). The van der Waals surface area contributed by atoms with Gasteiger partial charge in [0, 0.05) is 12.2 Å². The number of rotatable bonds is 6. The number of aliphatic hydroxyl groups excluding tert-OH is 1. The van der Waals surface area contributed by atoms with E-state index in [1.54, 1.807) is 0 Å². The van der Waals surface area contributed by atoms with Crippen LogP contribution in [0.3, 0.4) is 0 Å². The molecule has 0 bridgehead atoms. The number of hydrogen-bond acceptors (Lipinski definition) is 3. The maximum absolute atomic E-state index is 9.55. The molecule has 18 heavy (non-hydrogen) atoms. The molecule has 0 fully saturated rings. The molecule has 1 aromatic carbocycles. The highest BCUT2D eigenvalue weighted by atomic mass is 16.3. The van der Waals surface area contributed by atoms with Gasteiger partial charge in [-0.05, 0) is 18.6 Å². The highest BCUT2D eigenvalue weighted by Gasteiger charge is 2.14. The van der Waals surface area contributed by atoms with Crippen molar-refractivity contribution in [3.8, 4) is 0 Å². The fourth-order valence-corrected chi connectivity index (χ4v) is 2.00. The standard InChI is InChI=1S/C14H19N3O/c1-2-8-17-11-15-9-14(17)13(10-18)16-12-6-4-3-5-7-12/h3-7,9,11,13,16,18H,2,8,10H2,1H3. The Bertz CT molecular complexity index is 467. The van der Waals surface area contributed by atoms with Crippen molar-refractivity contribution in [1.82, 2.24) is 9.55 Å². The highest BCUT2D eigenvalue weighted by Crippen LogP contribution is 2.19. The van der Waals surface area contributed by atoms with Crippen LogP contribution >= 0.6 is 0 Å². The van der Waals surface area contributed by atoms with E-state index >= 15 is 0 Å². The Balaban J connectivity index is 2.15. The lowest BCUT2D eigenvalue weighted by atomic mass is 10.2. The van der Waals surface area contributed by atoms with Gasteiger partial charge in [-0.2, -0.15) is 0 Å². The number of para-hydroxylation sites is 1. The SMILES string of the molecule is CCCn1cncc1C(CO)Nc1ccccc1. The van der Waals surface area contributed by atoms with E-state index < -0.39 is 0 Å². The van der Waals surface area contributed by atoms with Crippen LogP contribution in [0.5, 0.6) is 0 Å². The van der Waals surface area contributed by atoms with E-state index in [9.17, 15) is 5.11 Å². The number of aliphatic hydroxyl groups is 1. The molecule has 0 aliphatic carbocycles. The maximum Gasteiger partial charge on any atom is 0.0948 e. The van der Waals surface area contributed by atoms with Gasteiger partial charge in [-0.3, -0.25) is 0 Å². The summed E-state index contributed by atoms with van der Waals surface area (Å²) in [5.74, 6) is 0. The van der Waals surface area contributed by atoms with Crippen LogP contribution in [0, 0.1) is 0 Å². The Morgan fingerprint density at radius 3 is 2.78 bits per heavy atom. The molecule has 0 spiro atoms. The summed E-state index contributed by atoms with van der Waals surface area (Å²) in [7, 11) is 0. The van der Waals surface area contributed by atoms with E-state index in [4.69, 9.17) is 0 Å². The Hall–Kier alpha value is -1.81. The second kappa shape index (κ2) is 6.21. The van der Waals surface area contributed by atoms with Crippen molar-refractivity contribution in [2.24, 2.45) is 0 Å². The third kappa shape index (κ3) is 2.90. The van der Waals surface area contributed by atoms with Gasteiger partial charge in [-0.25, -0.2) is 4.98 Å². The quantitative estimate of drug-likeness (QED) is 0.822. The van der Waals surface area contributed by atoms with Crippen LogP contribution in [0.4, 0.5) is 5.69 Å². The molecule has 96 valence electrons. The summed E-state index contributed by atoms with van der Waals surface area (Å²) in [5, 5.41) is 12.9. The third-order valence-electron chi connectivity index (χ3n) is 2.86. The number of hydrogen-bond donors (Lipinski definition) is 2. The first-order valence-corrected chi connectivity index (χ1v) is 6.27. The molecule has 2 aromatic rings. The molecular weight excluding hydrogens is 226 g/mol. The number of aryl methyl sites for hydroxylation is 1. The fraction of sp³-hybridized carbons (Fsp3) is 0.357. The van der Waals surface area contributed by atoms with Crippen molar-refractivity contribution < 1.29 is 5.11 Å². The number of anilines is 1. The summed E-state index contributed by atoms with van der Waals surface area (Å²) < 4.78 is 2.08. The lowest BCUT2D eigenvalue weighted by Gasteiger charge is -2.19. The van der Waals surface area contributed by atoms with Crippen LogP contribution in [0.2, 0.25) is 0 Å². The summed E-state index contributed by atoms with van der Waals surface area (Å²) in [6.07, 6.45) is 4.67. The lowest BCUT2D eigenvalue weighted by Crippen LogP contribution is -2.18. The van der Waals surface area contributed by atoms with Crippen LogP contribution in [0.1, 0.15) is 25.1 Å². The molecular formula is C14H19N3O. The average Bonchev–Trinajstić information content (AvgIpc) is 2.86. The van der Waals surface area contributed by atoms with E-state index in [0.29, 0.717) is 0 Å². The predicted molar refractivity (Wildman–Crippen MR) is 72.4 cm³/mol. The van der Waals surface area contributed by atoms with Gasteiger partial charge < -0.3 is 15.0 Å². The Labute approximate surface area is 107 Å². The van der Waals surface area contributed by atoms with Crippen LogP contribution in [-0.4, -0.2) is 21.3 Å². The van der Waals surface area contributed by atoms with E-state index in [0.717, 1.165) is 24.3 Å². The predicted octanol–water partition coefficient (Wildman–Crippen LogP) is 2.44. The van der Waals surface area contributed by atoms with Crippen molar-refractivity contribution in [3.63, 3.8) is 0 Å². The van der Waals surface area contributed by atoms with Crippen molar-refractivity contribution >= 4 is 5.69 Å². The van der Waals surface area contributed by atoms with Gasteiger partial charge >= 0.3 is 0 Å². The zero-order valence-corrected chi connectivity index (χ0v) is 10.6. The number of nitrogens with zero attached hydrogens (tertiary/aromatic N) is 2. The first-order valence-electron chi connectivity index (χ1n) is 6.27. The molecule has 0 saturated heterocycles. The second-order valence-corrected chi connectivity index (χ2v) is 4.26. The highest BCUT2D eigenvalue weighted by molar-refractivity contribution is 5.44. The van der Waals surface area contributed by atoms with Gasteiger partial charge in [-0.15, -0.1) is 0 Å². The number of nitrogens with one attached hydrogen (secondary N) is 1. The van der Waals surface area contributed by atoms with E-state index in [1.165, 1.54) is 0 Å². The molecule has 0 radical (unpaired) electrons. The fourth-order valence-electron chi connectivity index (χ4n) is 2.00. The van der Waals surface area contributed by atoms with Crippen molar-refractivity contribution in [2.75, 3.05) is 11.9 Å². The zero-order chi connectivity index (χ0) is 12.8. The summed E-state index contributed by atoms with van der Waals surface area (Å²) >= 11 is 0. The van der Waals surface area contributed by atoms with Crippen molar-refractivity contribution in [2.45, 2.75) is 25.9 Å². The first kappa shape index (κ1) is 12.6. The lowest BCUT2D eigenvalue weighted by molar-refractivity contribution is 0.271. The topological polar surface area (TPSA) is 50.1 Å². The van der Waals surface area contributed by atoms with Crippen LogP contribution in [0.15, 0.2) is 42.9 Å². The van der Waals surface area contributed by atoms with Gasteiger partial charge in [0.15, 0.2) is 0 Å². The molecule has 2 N–H and O–H groups in total. The smallest absolute Gasteiger partial charge is 0.0948 e. The van der Waals surface area contributed by atoms with Crippen molar-refractivity contribution in [3.05, 3.63) is 48.5 Å². The van der Waals surface area contributed by atoms with Crippen molar-refractivity contribution in [1.29, 1.82) is 0 Å². The molecule has 0 saturated carbocycles. The number of aromatic nitrogens is 2. The van der Waals surface area contributed by atoms with Crippen LogP contribution in [-0.2, 0) is 6.54 Å². The van der Waals surface area contributed by atoms with Gasteiger partial charge in [0.25, 0.3) is 0 Å². The molecule has 0 aliphatic heterocycles. The normalized spacial score (nSPS) is 12.3. The van der Waals surface area contributed by atoms with E-state index in [-0.39, 0.29) is 12.6 Å². The monoisotopic (exact) mass is 245 g/mol. The minimum Gasteiger partial charge on any atom is -0.394 e. The number of benzene rings is 1. The van der Waals surface area contributed by atoms with E-state index in [1.807, 2.05) is 42.9 Å². The van der Waals surface area contributed by atoms with Gasteiger partial charge in [0.1, 0.15) is 0 Å². The molecule has 1 aromatic heterocycles. The van der Waals surface area contributed by atoms with Gasteiger partial charge in [0.2, 0.25) is 0 Å². The summed E-state index contributed by atoms with van der Waals surface area (Å²) in [6, 6.07) is 9.77. The summed E-state index contributed by atoms with van der Waals surface area (Å²) in [4.78, 5) is 4.16. The molecule has 1 heterocycles. The average molecular weight is 245 g/mol. The Kier molecular flexibility index (Phi) is 4.36. The second-order valence-electron chi connectivity index (χ2n) is 4.26. The Morgan fingerprint density at radius 1 is 1.33 bits per heavy atom. The molecule has 1 atom stereocenters. The van der Waals surface area contributed by atoms with Gasteiger partial charge in [-0.1, -0.05) is 25.1 Å². The number of imidazole rings is 1. The maximum atomic E-state index is 9.55. The molecule has 0 aliphatic rings. The molecule has 1 unspecified atom stereocenters. The minimum absolute atomic E-state index is 0.0459. The molecule has 4 nitrogen and oxygen atoms in total. The first-order chi connectivity index (χ1) is 8.85. The summed E-state index contributed by atoms with van der Waals surface area (Å²) in [6.45, 7) is 3.09. The van der Waals surface area contributed by atoms with Gasteiger partial charge in [0.05, 0.1) is 30.9 Å². The van der Waals surface area contributed by atoms with E-state index in [2.05, 4.69) is 21.8 Å². The minimum atomic E-state index is -0.124.